The molecule has 0 N–H and O–H groups in total. The molecule has 18 heavy (non-hydrogen) atoms. The first-order valence-electron chi connectivity index (χ1n) is 4.44. The Morgan fingerprint density at radius 3 is 1.22 bits per heavy atom. The summed E-state index contributed by atoms with van der Waals surface area (Å²) >= 11 is -0.833. The first kappa shape index (κ1) is 23.2. The Balaban J connectivity index is -0.000000276. The number of carbonyl (C=O) groups excluding carboxylic acids is 1. The summed E-state index contributed by atoms with van der Waals surface area (Å²) in [5.74, 6) is -0.0602. The molecule has 5 nitrogen and oxygen atoms in total. The summed E-state index contributed by atoms with van der Waals surface area (Å²) in [5.41, 5.74) is 4.84. The molecule has 8 heteroatoms. The number of rotatable bonds is 1. The third-order valence-corrected chi connectivity index (χ3v) is 2.73. The van der Waals surface area contributed by atoms with Crippen LogP contribution >= 0.6 is 0 Å². The van der Waals surface area contributed by atoms with E-state index < -0.39 is 22.7 Å². The molecule has 0 aromatic carbocycles. The maximum atomic E-state index is 10.5. The maximum Gasteiger partial charge on any atom is 3.00 e. The summed E-state index contributed by atoms with van der Waals surface area (Å²) < 4.78 is 32.9. The van der Waals surface area contributed by atoms with E-state index in [1.165, 1.54) is 11.1 Å². The normalized spacial score (nSPS) is 14.2. The van der Waals surface area contributed by atoms with E-state index in [2.05, 4.69) is 20.1 Å². The first-order chi connectivity index (χ1) is 7.92. The van der Waals surface area contributed by atoms with E-state index in [4.69, 9.17) is 18.6 Å². The zero-order valence-electron chi connectivity index (χ0n) is 10.2. The van der Waals surface area contributed by atoms with Crippen LogP contribution in [0.1, 0.15) is 27.7 Å². The van der Waals surface area contributed by atoms with Crippen LogP contribution in [0.15, 0.2) is 22.3 Å². The van der Waals surface area contributed by atoms with E-state index in [1.807, 2.05) is 13.8 Å². The quantitative estimate of drug-likeness (QED) is 0.495. The fourth-order valence-electron chi connectivity index (χ4n) is 1.53. The van der Waals surface area contributed by atoms with Crippen LogP contribution in [0.25, 0.3) is 0 Å². The number of hydrogen-bond donors (Lipinski definition) is 0. The Kier molecular flexibility index (Phi) is 17.4. The second-order valence-electron chi connectivity index (χ2n) is 3.29. The molecule has 0 spiro atoms. The van der Waals surface area contributed by atoms with Crippen molar-refractivity contribution in [2.24, 2.45) is 5.92 Å². The minimum atomic E-state index is -0.417. The molecule has 0 aromatic heterocycles. The van der Waals surface area contributed by atoms with Crippen LogP contribution in [0.3, 0.4) is 0 Å². The molecule has 0 aromatic rings. The van der Waals surface area contributed by atoms with Crippen molar-refractivity contribution in [3.05, 3.63) is 22.3 Å². The van der Waals surface area contributed by atoms with Gasteiger partial charge in [0.25, 0.3) is 0 Å². The minimum absolute atomic E-state index is 0. The zero-order valence-corrected chi connectivity index (χ0v) is 12.8. The van der Waals surface area contributed by atoms with Crippen LogP contribution in [-0.4, -0.2) is 6.29 Å². The molecule has 0 saturated carbocycles. The first-order valence-corrected chi connectivity index (χ1v) is 5.67. The van der Waals surface area contributed by atoms with E-state index in [0.29, 0.717) is 0 Å². The van der Waals surface area contributed by atoms with Crippen LogP contribution in [-0.2, 0) is 21.6 Å². The Hall–Kier alpha value is 0.0765. The van der Waals surface area contributed by atoms with Gasteiger partial charge < -0.3 is 23.4 Å². The fraction of sp³-hybridized carbons (Fsp3) is 0.500. The Bertz CT molecular complexity index is 279. The fourth-order valence-corrected chi connectivity index (χ4v) is 1.53. The summed E-state index contributed by atoms with van der Waals surface area (Å²) in [4.78, 5) is 10.5. The topological polar surface area (TPSA) is 109 Å². The smallest absolute Gasteiger partial charge is 0.544 e. The molecule has 1 rings (SSSR count). The minimum Gasteiger partial charge on any atom is -0.544 e. The van der Waals surface area contributed by atoms with Crippen molar-refractivity contribution in [2.45, 2.75) is 27.7 Å². The zero-order chi connectivity index (χ0) is 14.0. The second-order valence-corrected chi connectivity index (χ2v) is 3.54. The van der Waals surface area contributed by atoms with Gasteiger partial charge in [0.1, 0.15) is 0 Å². The van der Waals surface area contributed by atoms with Gasteiger partial charge in [-0.2, -0.15) is 0 Å². The molecule has 0 amide bonds. The van der Waals surface area contributed by atoms with Crippen LogP contribution in [0.5, 0.6) is 0 Å². The van der Waals surface area contributed by atoms with Crippen molar-refractivity contribution >= 4 is 6.29 Å². The van der Waals surface area contributed by atoms with Crippen molar-refractivity contribution in [3.63, 3.8) is 0 Å². The van der Waals surface area contributed by atoms with Gasteiger partial charge in [0.15, 0.2) is 0 Å². The third-order valence-electron chi connectivity index (χ3n) is 2.73. The Labute approximate surface area is 125 Å². The van der Waals surface area contributed by atoms with Crippen molar-refractivity contribution in [2.75, 3.05) is 0 Å². The molecular weight excluding hydrogens is 330 g/mol. The van der Waals surface area contributed by atoms with E-state index in [0.717, 1.165) is 11.1 Å². The van der Waals surface area contributed by atoms with Crippen LogP contribution < -0.4 is 18.6 Å². The van der Waals surface area contributed by atoms with Gasteiger partial charge >= 0.3 is 16.8 Å². The molecule has 0 radical (unpaired) electrons. The van der Waals surface area contributed by atoms with Crippen LogP contribution in [0.4, 0.5) is 0 Å². The molecule has 106 valence electrons. The molecule has 0 atom stereocenters. The van der Waals surface area contributed by atoms with Gasteiger partial charge in [-0.1, -0.05) is 28.2 Å². The molecule has 0 fully saturated rings. The van der Waals surface area contributed by atoms with Gasteiger partial charge in [0.05, 0.1) is 22.7 Å². The molecule has 1 aliphatic rings. The van der Waals surface area contributed by atoms with E-state index in [9.17, 15) is 4.79 Å². The summed E-state index contributed by atoms with van der Waals surface area (Å²) in [6.07, 6.45) is 2.06. The average Bonchev–Trinajstić information content (AvgIpc) is 2.46. The van der Waals surface area contributed by atoms with Crippen molar-refractivity contribution in [1.82, 2.24) is 0 Å². The SMILES string of the molecule is CC1=C(C)C([C-]=O)C(C)=C1C.[Co+3].[O-][Cl+][O-].[O-][Cl+][O-]. The molecule has 0 unspecified atom stereocenters. The van der Waals surface area contributed by atoms with Gasteiger partial charge in [-0.25, -0.2) is 0 Å². The molecular formula is C10H13Cl2CoO5. The molecule has 0 bridgehead atoms. The number of halogens is 2. The molecule has 1 aliphatic carbocycles. The van der Waals surface area contributed by atoms with Crippen molar-refractivity contribution in [1.29, 1.82) is 0 Å². The average molecular weight is 343 g/mol. The Morgan fingerprint density at radius 1 is 0.889 bits per heavy atom. The molecule has 0 aliphatic heterocycles. The van der Waals surface area contributed by atoms with Crippen molar-refractivity contribution in [3.8, 4) is 0 Å². The second kappa shape index (κ2) is 13.5. The summed E-state index contributed by atoms with van der Waals surface area (Å²) in [7, 11) is 0. The van der Waals surface area contributed by atoms with E-state index in [-0.39, 0.29) is 22.7 Å². The van der Waals surface area contributed by atoms with Gasteiger partial charge in [-0.3, -0.25) is 6.29 Å². The largest absolute Gasteiger partial charge is 3.00 e. The summed E-state index contributed by atoms with van der Waals surface area (Å²) in [6, 6.07) is 0. The third kappa shape index (κ3) is 7.50. The molecule has 0 saturated heterocycles. The van der Waals surface area contributed by atoms with Crippen LogP contribution in [0.2, 0.25) is 0 Å². The van der Waals surface area contributed by atoms with Crippen LogP contribution in [0, 0.1) is 28.6 Å². The predicted octanol–water partition coefficient (Wildman–Crippen LogP) is -2.36. The van der Waals surface area contributed by atoms with E-state index >= 15 is 0 Å². The van der Waals surface area contributed by atoms with Gasteiger partial charge in [-0.05, 0) is 27.7 Å². The summed E-state index contributed by atoms with van der Waals surface area (Å²) in [6.45, 7) is 8.13. The van der Waals surface area contributed by atoms with Crippen molar-refractivity contribution < 1.29 is 62.9 Å². The number of allylic oxidation sites excluding steroid dienone is 4. The van der Waals surface area contributed by atoms with E-state index in [1.54, 1.807) is 0 Å². The molecule has 0 heterocycles. The van der Waals surface area contributed by atoms with Gasteiger partial charge in [0.2, 0.25) is 0 Å². The predicted molar refractivity (Wildman–Crippen MR) is 45.9 cm³/mol. The maximum absolute atomic E-state index is 10.5. The standard InChI is InChI=1S/C10H13O.2ClO2.Co/c1-6-7(2)9(4)10(5-11)8(6)3;2*2-1-3;/h10H,1-4H3;;;/q3*-1;+3. The summed E-state index contributed by atoms with van der Waals surface area (Å²) in [5, 5.41) is 0. The monoisotopic (exact) mass is 342 g/mol. The Morgan fingerprint density at radius 2 is 1.11 bits per heavy atom. The van der Waals surface area contributed by atoms with Gasteiger partial charge in [-0.15, -0.1) is 0 Å². The van der Waals surface area contributed by atoms with Gasteiger partial charge in [0, 0.05) is 0 Å². The number of hydrogen-bond acceptors (Lipinski definition) is 5.